The van der Waals surface area contributed by atoms with Crippen molar-refractivity contribution >= 4 is 5.82 Å². The van der Waals surface area contributed by atoms with Crippen LogP contribution in [-0.4, -0.2) is 51.1 Å². The van der Waals surface area contributed by atoms with Gasteiger partial charge in [-0.1, -0.05) is 20.8 Å². The average molecular weight is 411 g/mol. The summed E-state index contributed by atoms with van der Waals surface area (Å²) in [5, 5.41) is 16.9. The van der Waals surface area contributed by atoms with Crippen LogP contribution in [0, 0.1) is 30.6 Å². The molecular weight excluding hydrogens is 372 g/mol. The third-order valence-electron chi connectivity index (χ3n) is 7.35. The number of rotatable bonds is 6. The molecule has 4 rings (SSSR count). The minimum atomic E-state index is 0.437. The van der Waals surface area contributed by atoms with Gasteiger partial charge in [-0.3, -0.25) is 4.68 Å². The van der Waals surface area contributed by atoms with Crippen LogP contribution >= 0.6 is 0 Å². The van der Waals surface area contributed by atoms with Crippen LogP contribution in [0.2, 0.25) is 0 Å². The maximum atomic E-state index is 4.48. The molecule has 0 aromatic carbocycles. The molecule has 30 heavy (non-hydrogen) atoms. The standard InChI is InChI=1S/C24H38N6/c1-17-22(18(2)29(6)28-17)20-7-8-21(27-26-20)25-16-19-15-24(19)10-13-30(14-11-24)12-9-23(3,4)5/h7-8,19H,9-16H2,1-6H3,(H,25,27). The zero-order chi connectivity index (χ0) is 21.5. The van der Waals surface area contributed by atoms with Crippen molar-refractivity contribution in [2.75, 3.05) is 31.5 Å². The number of aromatic nitrogens is 4. The third kappa shape index (κ3) is 4.53. The van der Waals surface area contributed by atoms with Crippen LogP contribution in [0.1, 0.15) is 57.8 Å². The van der Waals surface area contributed by atoms with Gasteiger partial charge < -0.3 is 10.2 Å². The molecule has 1 saturated heterocycles. The van der Waals surface area contributed by atoms with Gasteiger partial charge in [-0.2, -0.15) is 5.10 Å². The first-order valence-corrected chi connectivity index (χ1v) is 11.5. The normalized spacial score (nSPS) is 21.2. The molecule has 6 heteroatoms. The fourth-order valence-electron chi connectivity index (χ4n) is 4.98. The highest BCUT2D eigenvalue weighted by molar-refractivity contribution is 5.65. The van der Waals surface area contributed by atoms with E-state index >= 15 is 0 Å². The monoisotopic (exact) mass is 410 g/mol. The van der Waals surface area contributed by atoms with Crippen molar-refractivity contribution in [1.29, 1.82) is 0 Å². The van der Waals surface area contributed by atoms with Crippen molar-refractivity contribution < 1.29 is 0 Å². The summed E-state index contributed by atoms with van der Waals surface area (Å²) in [5.74, 6) is 1.66. The molecule has 3 heterocycles. The van der Waals surface area contributed by atoms with Crippen LogP contribution in [0.3, 0.4) is 0 Å². The van der Waals surface area contributed by atoms with E-state index in [9.17, 15) is 0 Å². The summed E-state index contributed by atoms with van der Waals surface area (Å²) in [7, 11) is 1.97. The second kappa shape index (κ2) is 7.95. The van der Waals surface area contributed by atoms with E-state index in [0.717, 1.165) is 40.9 Å². The number of hydrogen-bond donors (Lipinski definition) is 1. The Morgan fingerprint density at radius 2 is 1.87 bits per heavy atom. The van der Waals surface area contributed by atoms with Gasteiger partial charge in [0.1, 0.15) is 5.82 Å². The van der Waals surface area contributed by atoms with Gasteiger partial charge in [-0.05, 0) is 88.0 Å². The van der Waals surface area contributed by atoms with Gasteiger partial charge in [0, 0.05) is 24.8 Å². The minimum absolute atomic E-state index is 0.437. The predicted molar refractivity (Wildman–Crippen MR) is 122 cm³/mol. The van der Waals surface area contributed by atoms with E-state index in [1.54, 1.807) is 0 Å². The molecule has 0 bridgehead atoms. The summed E-state index contributed by atoms with van der Waals surface area (Å²) in [5.41, 5.74) is 5.13. The van der Waals surface area contributed by atoms with Crippen molar-refractivity contribution in [3.8, 4) is 11.3 Å². The fourth-order valence-corrected chi connectivity index (χ4v) is 4.98. The molecule has 1 aliphatic carbocycles. The van der Waals surface area contributed by atoms with E-state index in [1.165, 1.54) is 45.3 Å². The Balaban J connectivity index is 1.26. The van der Waals surface area contributed by atoms with E-state index in [1.807, 2.05) is 18.7 Å². The average Bonchev–Trinajstić information content (AvgIpc) is 3.30. The molecule has 1 atom stereocenters. The highest BCUT2D eigenvalue weighted by Crippen LogP contribution is 2.59. The summed E-state index contributed by atoms with van der Waals surface area (Å²) in [6.07, 6.45) is 5.37. The van der Waals surface area contributed by atoms with Gasteiger partial charge in [0.25, 0.3) is 0 Å². The number of aryl methyl sites for hydroxylation is 2. The number of piperidine rings is 1. The van der Waals surface area contributed by atoms with Gasteiger partial charge in [0.05, 0.1) is 11.4 Å². The molecule has 0 amide bonds. The molecule has 2 aromatic rings. The largest absolute Gasteiger partial charge is 0.368 e. The molecular formula is C24H38N6. The molecule has 1 spiro atoms. The van der Waals surface area contributed by atoms with Crippen molar-refractivity contribution in [3.63, 3.8) is 0 Å². The van der Waals surface area contributed by atoms with Crippen LogP contribution in [0.25, 0.3) is 11.3 Å². The molecule has 1 saturated carbocycles. The van der Waals surface area contributed by atoms with Gasteiger partial charge in [0.2, 0.25) is 0 Å². The summed E-state index contributed by atoms with van der Waals surface area (Å²) in [6, 6.07) is 4.11. The molecule has 1 aliphatic heterocycles. The number of likely N-dealkylation sites (tertiary alicyclic amines) is 1. The SMILES string of the molecule is Cc1nn(C)c(C)c1-c1ccc(NCC2CC23CCN(CCC(C)(C)C)CC3)nn1. The summed E-state index contributed by atoms with van der Waals surface area (Å²) in [4.78, 5) is 2.67. The zero-order valence-corrected chi connectivity index (χ0v) is 19.6. The Morgan fingerprint density at radius 1 is 1.13 bits per heavy atom. The molecule has 2 aliphatic rings. The highest BCUT2D eigenvalue weighted by atomic mass is 15.3. The summed E-state index contributed by atoms with van der Waals surface area (Å²) < 4.78 is 1.90. The molecule has 164 valence electrons. The lowest BCUT2D eigenvalue weighted by molar-refractivity contribution is 0.147. The fraction of sp³-hybridized carbons (Fsp3) is 0.708. The third-order valence-corrected chi connectivity index (χ3v) is 7.35. The second-order valence-electron chi connectivity index (χ2n) is 10.8. The van der Waals surface area contributed by atoms with Crippen LogP contribution < -0.4 is 5.32 Å². The Kier molecular flexibility index (Phi) is 5.64. The molecule has 1 unspecified atom stereocenters. The predicted octanol–water partition coefficient (Wildman–Crippen LogP) is 4.44. The topological polar surface area (TPSA) is 58.9 Å². The van der Waals surface area contributed by atoms with E-state index in [2.05, 4.69) is 65.3 Å². The Labute approximate surface area is 181 Å². The Bertz CT molecular complexity index is 868. The molecule has 6 nitrogen and oxygen atoms in total. The maximum absolute atomic E-state index is 4.48. The molecule has 1 N–H and O–H groups in total. The number of nitrogens with one attached hydrogen (secondary N) is 1. The van der Waals surface area contributed by atoms with Crippen LogP contribution in [0.5, 0.6) is 0 Å². The lowest BCUT2D eigenvalue weighted by Crippen LogP contribution is -2.37. The van der Waals surface area contributed by atoms with Crippen molar-refractivity contribution in [3.05, 3.63) is 23.5 Å². The van der Waals surface area contributed by atoms with Crippen molar-refractivity contribution in [2.24, 2.45) is 23.8 Å². The van der Waals surface area contributed by atoms with E-state index < -0.39 is 0 Å². The van der Waals surface area contributed by atoms with Gasteiger partial charge >= 0.3 is 0 Å². The van der Waals surface area contributed by atoms with Crippen molar-refractivity contribution in [1.82, 2.24) is 24.9 Å². The maximum Gasteiger partial charge on any atom is 0.148 e. The van der Waals surface area contributed by atoms with E-state index in [4.69, 9.17) is 0 Å². The number of hydrogen-bond acceptors (Lipinski definition) is 5. The quantitative estimate of drug-likeness (QED) is 0.763. The number of anilines is 1. The highest BCUT2D eigenvalue weighted by Gasteiger charge is 2.54. The summed E-state index contributed by atoms with van der Waals surface area (Å²) >= 11 is 0. The molecule has 2 aromatic heterocycles. The van der Waals surface area contributed by atoms with Crippen LogP contribution in [0.15, 0.2) is 12.1 Å². The summed E-state index contributed by atoms with van der Waals surface area (Å²) in [6.45, 7) is 15.9. The Hall–Kier alpha value is -1.95. The lowest BCUT2D eigenvalue weighted by atomic mass is 9.88. The lowest BCUT2D eigenvalue weighted by Gasteiger charge is -2.34. The van der Waals surface area contributed by atoms with Gasteiger partial charge in [0.15, 0.2) is 0 Å². The van der Waals surface area contributed by atoms with Crippen LogP contribution in [-0.2, 0) is 7.05 Å². The van der Waals surface area contributed by atoms with E-state index in [-0.39, 0.29) is 0 Å². The minimum Gasteiger partial charge on any atom is -0.368 e. The zero-order valence-electron chi connectivity index (χ0n) is 19.6. The first-order chi connectivity index (χ1) is 14.2. The first-order valence-electron chi connectivity index (χ1n) is 11.5. The Morgan fingerprint density at radius 3 is 2.43 bits per heavy atom. The van der Waals surface area contributed by atoms with Gasteiger partial charge in [-0.25, -0.2) is 0 Å². The number of nitrogens with zero attached hydrogens (tertiary/aromatic N) is 5. The van der Waals surface area contributed by atoms with Crippen LogP contribution in [0.4, 0.5) is 5.82 Å². The smallest absolute Gasteiger partial charge is 0.148 e. The van der Waals surface area contributed by atoms with Crippen molar-refractivity contribution in [2.45, 2.75) is 60.3 Å². The second-order valence-corrected chi connectivity index (χ2v) is 10.8. The molecule has 2 fully saturated rings. The van der Waals surface area contributed by atoms with Gasteiger partial charge in [-0.15, -0.1) is 10.2 Å². The molecule has 0 radical (unpaired) electrons. The van der Waals surface area contributed by atoms with E-state index in [0.29, 0.717) is 10.8 Å². The first kappa shape index (κ1) is 21.3.